The van der Waals surface area contributed by atoms with Crippen LogP contribution in [0, 0.1) is 6.92 Å². The van der Waals surface area contributed by atoms with Crippen LogP contribution in [0.15, 0.2) is 42.5 Å². The molecule has 2 aromatic carbocycles. The largest absolute Gasteiger partial charge is 0.465 e. The molecule has 4 rings (SSSR count). The molecular weight excluding hydrogens is 402 g/mol. The summed E-state index contributed by atoms with van der Waals surface area (Å²) in [6.45, 7) is 3.09. The minimum absolute atomic E-state index is 0.134. The first-order valence-corrected chi connectivity index (χ1v) is 10.4. The monoisotopic (exact) mass is 423 g/mol. The Hall–Kier alpha value is -3.26. The molecule has 3 aromatic rings. The molecule has 30 heavy (non-hydrogen) atoms. The number of benzene rings is 2. The molecule has 0 aliphatic carbocycles. The van der Waals surface area contributed by atoms with E-state index in [0.717, 1.165) is 34.1 Å². The van der Waals surface area contributed by atoms with Gasteiger partial charge in [-0.15, -0.1) is 10.2 Å². The smallest absolute Gasteiger partial charge is 0.337 e. The highest BCUT2D eigenvalue weighted by Crippen LogP contribution is 2.31. The molecule has 154 valence electrons. The van der Waals surface area contributed by atoms with Crippen molar-refractivity contribution < 1.29 is 19.1 Å². The van der Waals surface area contributed by atoms with Gasteiger partial charge in [0.1, 0.15) is 21.5 Å². The van der Waals surface area contributed by atoms with Crippen molar-refractivity contribution >= 4 is 23.2 Å². The number of amides is 1. The number of carbonyl (C=O) groups excluding carboxylic acids is 2. The van der Waals surface area contributed by atoms with Crippen molar-refractivity contribution in [3.8, 4) is 22.1 Å². The highest BCUT2D eigenvalue weighted by Gasteiger charge is 2.22. The molecule has 1 aliphatic rings. The standard InChI is InChI=1S/C22H21N3O4S/c1-14-23-24-21(30-14)15-7-9-18(10-8-15)29-19-12-16(22(27)28-2)5-6-17(19)13-25-11-3-4-20(25)26/h5-10,12H,3-4,11,13H2,1-2H3. The van der Waals surface area contributed by atoms with Crippen LogP contribution < -0.4 is 4.74 Å². The Labute approximate surface area is 178 Å². The highest BCUT2D eigenvalue weighted by molar-refractivity contribution is 7.14. The summed E-state index contributed by atoms with van der Waals surface area (Å²) in [7, 11) is 1.34. The minimum Gasteiger partial charge on any atom is -0.465 e. The van der Waals surface area contributed by atoms with Gasteiger partial charge in [0.05, 0.1) is 12.7 Å². The van der Waals surface area contributed by atoms with Gasteiger partial charge >= 0.3 is 5.97 Å². The number of esters is 1. The number of nitrogens with zero attached hydrogens (tertiary/aromatic N) is 3. The second kappa shape index (κ2) is 8.62. The van der Waals surface area contributed by atoms with Crippen molar-refractivity contribution in [1.29, 1.82) is 0 Å². The first kappa shape index (κ1) is 20.0. The summed E-state index contributed by atoms with van der Waals surface area (Å²) < 4.78 is 10.9. The summed E-state index contributed by atoms with van der Waals surface area (Å²) >= 11 is 1.53. The lowest BCUT2D eigenvalue weighted by Gasteiger charge is -2.19. The number of ether oxygens (including phenoxy) is 2. The predicted octanol–water partition coefficient (Wildman–Crippen LogP) is 4.21. The first-order chi connectivity index (χ1) is 14.5. The number of aryl methyl sites for hydroxylation is 1. The van der Waals surface area contributed by atoms with Crippen LogP contribution in [0.1, 0.15) is 33.8 Å². The van der Waals surface area contributed by atoms with E-state index in [-0.39, 0.29) is 5.91 Å². The van der Waals surface area contributed by atoms with Crippen molar-refractivity contribution in [2.75, 3.05) is 13.7 Å². The normalized spacial score (nSPS) is 13.5. The van der Waals surface area contributed by atoms with Crippen molar-refractivity contribution in [2.45, 2.75) is 26.3 Å². The molecule has 0 radical (unpaired) electrons. The zero-order valence-corrected chi connectivity index (χ0v) is 17.6. The topological polar surface area (TPSA) is 81.6 Å². The second-order valence-corrected chi connectivity index (χ2v) is 8.17. The lowest BCUT2D eigenvalue weighted by Crippen LogP contribution is -2.24. The van der Waals surface area contributed by atoms with Crippen LogP contribution in [-0.4, -0.2) is 40.6 Å². The molecule has 1 aromatic heterocycles. The van der Waals surface area contributed by atoms with E-state index in [4.69, 9.17) is 9.47 Å². The van der Waals surface area contributed by atoms with Crippen LogP contribution >= 0.6 is 11.3 Å². The molecule has 0 N–H and O–H groups in total. The Morgan fingerprint density at radius 1 is 1.17 bits per heavy atom. The Morgan fingerprint density at radius 2 is 1.97 bits per heavy atom. The maximum atomic E-state index is 12.0. The van der Waals surface area contributed by atoms with Crippen molar-refractivity contribution in [3.05, 3.63) is 58.6 Å². The van der Waals surface area contributed by atoms with Gasteiger partial charge in [-0.2, -0.15) is 0 Å². The molecule has 0 unspecified atom stereocenters. The minimum atomic E-state index is -0.439. The van der Waals surface area contributed by atoms with E-state index in [1.165, 1.54) is 18.4 Å². The van der Waals surface area contributed by atoms with E-state index in [0.29, 0.717) is 30.0 Å². The van der Waals surface area contributed by atoms with Gasteiger partial charge in [-0.1, -0.05) is 17.4 Å². The molecule has 1 saturated heterocycles. The van der Waals surface area contributed by atoms with Crippen LogP contribution in [0.4, 0.5) is 0 Å². The Morgan fingerprint density at radius 3 is 2.60 bits per heavy atom. The fourth-order valence-electron chi connectivity index (χ4n) is 3.31. The van der Waals surface area contributed by atoms with Crippen molar-refractivity contribution in [1.82, 2.24) is 15.1 Å². The average molecular weight is 423 g/mol. The van der Waals surface area contributed by atoms with Crippen LogP contribution in [-0.2, 0) is 16.1 Å². The maximum Gasteiger partial charge on any atom is 0.337 e. The summed E-state index contributed by atoms with van der Waals surface area (Å²) in [4.78, 5) is 25.8. The zero-order valence-electron chi connectivity index (χ0n) is 16.8. The number of likely N-dealkylation sites (tertiary alicyclic amines) is 1. The van der Waals surface area contributed by atoms with Gasteiger partial charge in [-0.3, -0.25) is 4.79 Å². The average Bonchev–Trinajstić information content (AvgIpc) is 3.37. The van der Waals surface area contributed by atoms with Crippen molar-refractivity contribution in [2.24, 2.45) is 0 Å². The molecule has 0 spiro atoms. The van der Waals surface area contributed by atoms with E-state index < -0.39 is 5.97 Å². The summed E-state index contributed by atoms with van der Waals surface area (Å²) in [5.41, 5.74) is 2.19. The lowest BCUT2D eigenvalue weighted by molar-refractivity contribution is -0.128. The summed E-state index contributed by atoms with van der Waals surface area (Å²) in [6, 6.07) is 12.7. The van der Waals surface area contributed by atoms with Crippen LogP contribution in [0.25, 0.3) is 10.6 Å². The fourth-order valence-corrected chi connectivity index (χ4v) is 4.00. The highest BCUT2D eigenvalue weighted by atomic mass is 32.1. The third kappa shape index (κ3) is 4.33. The molecule has 1 aliphatic heterocycles. The van der Waals surface area contributed by atoms with Crippen molar-refractivity contribution in [3.63, 3.8) is 0 Å². The molecule has 0 bridgehead atoms. The van der Waals surface area contributed by atoms with Gasteiger partial charge in [0.15, 0.2) is 0 Å². The van der Waals surface area contributed by atoms with Crippen LogP contribution in [0.2, 0.25) is 0 Å². The molecule has 8 heteroatoms. The van der Waals surface area contributed by atoms with E-state index in [1.807, 2.05) is 37.3 Å². The van der Waals surface area contributed by atoms with E-state index in [1.54, 1.807) is 17.0 Å². The summed E-state index contributed by atoms with van der Waals surface area (Å²) in [5, 5.41) is 9.96. The van der Waals surface area contributed by atoms with Crippen LogP contribution in [0.5, 0.6) is 11.5 Å². The van der Waals surface area contributed by atoms with Gasteiger partial charge < -0.3 is 14.4 Å². The molecule has 0 saturated carbocycles. The van der Waals surface area contributed by atoms with Crippen LogP contribution in [0.3, 0.4) is 0 Å². The van der Waals surface area contributed by atoms with E-state index >= 15 is 0 Å². The molecule has 1 fully saturated rings. The zero-order chi connectivity index (χ0) is 21.1. The summed E-state index contributed by atoms with van der Waals surface area (Å²) in [6.07, 6.45) is 1.44. The lowest BCUT2D eigenvalue weighted by atomic mass is 10.1. The maximum absolute atomic E-state index is 12.0. The quantitative estimate of drug-likeness (QED) is 0.552. The van der Waals surface area contributed by atoms with Gasteiger partial charge in [0.25, 0.3) is 0 Å². The first-order valence-electron chi connectivity index (χ1n) is 9.61. The number of rotatable bonds is 6. The van der Waals surface area contributed by atoms with Gasteiger partial charge in [0.2, 0.25) is 5.91 Å². The van der Waals surface area contributed by atoms with E-state index in [9.17, 15) is 9.59 Å². The number of methoxy groups -OCH3 is 1. The Kier molecular flexibility index (Phi) is 5.76. The summed E-state index contributed by atoms with van der Waals surface area (Å²) in [5.74, 6) is 0.841. The van der Waals surface area contributed by atoms with Gasteiger partial charge in [-0.25, -0.2) is 4.79 Å². The Balaban J connectivity index is 1.60. The van der Waals surface area contributed by atoms with E-state index in [2.05, 4.69) is 10.2 Å². The van der Waals surface area contributed by atoms with Gasteiger partial charge in [-0.05, 0) is 49.7 Å². The third-order valence-electron chi connectivity index (χ3n) is 4.88. The molecule has 7 nitrogen and oxygen atoms in total. The predicted molar refractivity (Wildman–Crippen MR) is 113 cm³/mol. The number of hydrogen-bond donors (Lipinski definition) is 0. The second-order valence-electron chi connectivity index (χ2n) is 6.99. The molecule has 2 heterocycles. The molecular formula is C22H21N3O4S. The number of aromatic nitrogens is 2. The molecule has 1 amide bonds. The SMILES string of the molecule is COC(=O)c1ccc(CN2CCCC2=O)c(Oc2ccc(-c3nnc(C)s3)cc2)c1. The number of hydrogen-bond acceptors (Lipinski definition) is 7. The Bertz CT molecular complexity index is 1080. The molecule has 0 atom stereocenters. The number of carbonyl (C=O) groups is 2. The fraction of sp³-hybridized carbons (Fsp3) is 0.273. The van der Waals surface area contributed by atoms with Gasteiger partial charge in [0, 0.05) is 30.6 Å². The third-order valence-corrected chi connectivity index (χ3v) is 5.76.